The summed E-state index contributed by atoms with van der Waals surface area (Å²) in [5, 5.41) is 0. The van der Waals surface area contributed by atoms with Gasteiger partial charge in [0.25, 0.3) is 0 Å². The van der Waals surface area contributed by atoms with Crippen LogP contribution in [0.25, 0.3) is 0 Å². The molecular weight excluding hydrogens is 505 g/mol. The van der Waals surface area contributed by atoms with Crippen molar-refractivity contribution in [3.05, 3.63) is 66.0 Å². The molecule has 0 N–H and O–H groups in total. The van der Waals surface area contributed by atoms with Crippen LogP contribution in [0.1, 0.15) is 63.0 Å². The molecule has 7 nitrogen and oxygen atoms in total. The van der Waals surface area contributed by atoms with Crippen LogP contribution in [0.4, 0.5) is 9.18 Å². The van der Waals surface area contributed by atoms with Crippen molar-refractivity contribution in [3.63, 3.8) is 0 Å². The molecule has 2 aromatic rings. The van der Waals surface area contributed by atoms with E-state index in [1.807, 2.05) is 0 Å². The van der Waals surface area contributed by atoms with Gasteiger partial charge in [-0.15, -0.1) is 0 Å². The molecule has 3 saturated heterocycles. The second-order valence-corrected chi connectivity index (χ2v) is 12.5. The Morgan fingerprint density at radius 3 is 2.32 bits per heavy atom. The minimum atomic E-state index is -3.91. The lowest BCUT2D eigenvalue weighted by molar-refractivity contribution is 0.0449. The number of hydrogen-bond donors (Lipinski definition) is 0. The van der Waals surface area contributed by atoms with Gasteiger partial charge in [0.15, 0.2) is 0 Å². The minimum absolute atomic E-state index is 0.0250. The summed E-state index contributed by atoms with van der Waals surface area (Å²) in [6.45, 7) is 3.58. The highest BCUT2D eigenvalue weighted by Gasteiger charge is 2.41. The molecule has 3 aliphatic rings. The van der Waals surface area contributed by atoms with Gasteiger partial charge in [-0.05, 0) is 87.9 Å². The average molecular weight is 544 g/mol. The molecule has 38 heavy (non-hydrogen) atoms. The Morgan fingerprint density at radius 2 is 1.61 bits per heavy atom. The molecule has 0 aromatic heterocycles. The second-order valence-electron chi connectivity index (χ2n) is 10.7. The number of rotatable bonds is 6. The zero-order valence-electron chi connectivity index (χ0n) is 21.9. The van der Waals surface area contributed by atoms with E-state index in [4.69, 9.17) is 4.74 Å². The summed E-state index contributed by atoms with van der Waals surface area (Å²) >= 11 is 0. The van der Waals surface area contributed by atoms with E-state index in [0.717, 1.165) is 32.4 Å². The van der Waals surface area contributed by atoms with Crippen molar-refractivity contribution >= 4 is 16.1 Å². The number of carbonyl (C=O) groups is 1. The lowest BCUT2D eigenvalue weighted by atomic mass is 9.93. The predicted octanol–water partition coefficient (Wildman–Crippen LogP) is 5.20. The van der Waals surface area contributed by atoms with Crippen LogP contribution in [0.3, 0.4) is 0 Å². The molecule has 0 saturated carbocycles. The largest absolute Gasteiger partial charge is 0.448 e. The lowest BCUT2D eigenvalue weighted by Gasteiger charge is -2.42. The van der Waals surface area contributed by atoms with E-state index in [9.17, 15) is 17.6 Å². The van der Waals surface area contributed by atoms with Crippen LogP contribution in [0, 0.1) is 5.82 Å². The summed E-state index contributed by atoms with van der Waals surface area (Å²) in [6, 6.07) is 13.9. The van der Waals surface area contributed by atoms with Gasteiger partial charge in [-0.1, -0.05) is 36.8 Å². The number of piperidine rings is 3. The van der Waals surface area contributed by atoms with Crippen molar-refractivity contribution in [1.29, 1.82) is 0 Å². The first-order valence-corrected chi connectivity index (χ1v) is 15.4. The number of hydrogen-bond acceptors (Lipinski definition) is 5. The van der Waals surface area contributed by atoms with Crippen LogP contribution in [0.5, 0.6) is 0 Å². The highest BCUT2D eigenvalue weighted by atomic mass is 32.2. The number of sulfonamides is 1. The summed E-state index contributed by atoms with van der Waals surface area (Å²) in [5.74, 6) is -0.402. The molecule has 3 heterocycles. The van der Waals surface area contributed by atoms with Crippen LogP contribution in [0.15, 0.2) is 59.5 Å². The number of benzene rings is 2. The van der Waals surface area contributed by atoms with Crippen molar-refractivity contribution in [2.45, 2.75) is 74.4 Å². The molecule has 0 radical (unpaired) electrons. The van der Waals surface area contributed by atoms with Gasteiger partial charge in [0.2, 0.25) is 10.0 Å². The van der Waals surface area contributed by atoms with Crippen LogP contribution >= 0.6 is 0 Å². The molecule has 2 atom stereocenters. The quantitative estimate of drug-likeness (QED) is 0.501. The standard InChI is InChI=1S/C29H38FN3O4S/c30-24-10-7-9-23(21-24)28-14-8-11-26(33(28)38(35,36)27-12-3-1-4-13-27)22-37-29(34)32-19-15-25(16-20-32)31-17-5-2-6-18-31/h1,3-4,7,9-10,12-13,21,25-26,28H,2,5-6,8,11,14-20,22H2/t26-,28+/m1/s1. The van der Waals surface area contributed by atoms with E-state index >= 15 is 0 Å². The zero-order valence-corrected chi connectivity index (χ0v) is 22.7. The van der Waals surface area contributed by atoms with Crippen molar-refractivity contribution in [1.82, 2.24) is 14.1 Å². The molecule has 0 aliphatic carbocycles. The first-order chi connectivity index (χ1) is 18.4. The molecule has 3 fully saturated rings. The Kier molecular flexibility index (Phi) is 8.65. The maximum absolute atomic E-state index is 14.1. The van der Waals surface area contributed by atoms with Gasteiger partial charge >= 0.3 is 6.09 Å². The Hall–Kier alpha value is -2.49. The number of amides is 1. The monoisotopic (exact) mass is 543 g/mol. The van der Waals surface area contributed by atoms with E-state index in [-0.39, 0.29) is 17.6 Å². The molecule has 2 aromatic carbocycles. The number of ether oxygens (including phenoxy) is 1. The maximum atomic E-state index is 14.1. The summed E-state index contributed by atoms with van der Waals surface area (Å²) in [7, 11) is -3.91. The molecule has 0 spiro atoms. The fraction of sp³-hybridized carbons (Fsp3) is 0.552. The van der Waals surface area contributed by atoms with Crippen molar-refractivity contribution < 1.29 is 22.3 Å². The minimum Gasteiger partial charge on any atom is -0.448 e. The van der Waals surface area contributed by atoms with Crippen molar-refractivity contribution in [2.24, 2.45) is 0 Å². The van der Waals surface area contributed by atoms with Gasteiger partial charge in [0.1, 0.15) is 12.4 Å². The molecular formula is C29H38FN3O4S. The normalized spacial score (nSPS) is 24.3. The maximum Gasteiger partial charge on any atom is 0.409 e. The average Bonchev–Trinajstić information content (AvgIpc) is 2.96. The summed E-state index contributed by atoms with van der Waals surface area (Å²) in [4.78, 5) is 17.5. The molecule has 5 rings (SSSR count). The summed E-state index contributed by atoms with van der Waals surface area (Å²) < 4.78 is 49.1. The Balaban J connectivity index is 1.29. The van der Waals surface area contributed by atoms with Gasteiger partial charge in [0.05, 0.1) is 17.0 Å². The SMILES string of the molecule is O=C(OC[C@H]1CCC[C@@H](c2cccc(F)c2)N1S(=O)(=O)c1ccccc1)N1CCC(N2CCCCC2)CC1. The Labute approximate surface area is 225 Å². The summed E-state index contributed by atoms with van der Waals surface area (Å²) in [5.41, 5.74) is 0.611. The van der Waals surface area contributed by atoms with Crippen LogP contribution < -0.4 is 0 Å². The molecule has 0 unspecified atom stereocenters. The van der Waals surface area contributed by atoms with Gasteiger partial charge < -0.3 is 14.5 Å². The highest BCUT2D eigenvalue weighted by molar-refractivity contribution is 7.89. The van der Waals surface area contributed by atoms with Gasteiger partial charge in [-0.3, -0.25) is 0 Å². The van der Waals surface area contributed by atoms with Crippen LogP contribution in [-0.4, -0.2) is 73.5 Å². The first-order valence-electron chi connectivity index (χ1n) is 13.9. The molecule has 206 valence electrons. The van der Waals surface area contributed by atoms with Gasteiger partial charge in [0, 0.05) is 19.1 Å². The lowest BCUT2D eigenvalue weighted by Crippen LogP contribution is -2.50. The molecule has 0 bridgehead atoms. The number of likely N-dealkylation sites (tertiary alicyclic amines) is 2. The summed E-state index contributed by atoms with van der Waals surface area (Å²) in [6.07, 6.45) is 7.21. The Morgan fingerprint density at radius 1 is 0.868 bits per heavy atom. The fourth-order valence-corrected chi connectivity index (χ4v) is 8.14. The highest BCUT2D eigenvalue weighted by Crippen LogP contribution is 2.39. The van der Waals surface area contributed by atoms with Gasteiger partial charge in [-0.25, -0.2) is 17.6 Å². The molecule has 9 heteroatoms. The van der Waals surface area contributed by atoms with E-state index in [1.165, 1.54) is 35.7 Å². The van der Waals surface area contributed by atoms with E-state index in [0.29, 0.717) is 37.5 Å². The number of carbonyl (C=O) groups excluding carboxylic acids is 1. The van der Waals surface area contributed by atoms with E-state index in [2.05, 4.69) is 4.90 Å². The zero-order chi connectivity index (χ0) is 26.5. The van der Waals surface area contributed by atoms with Gasteiger partial charge in [-0.2, -0.15) is 4.31 Å². The number of nitrogens with zero attached hydrogens (tertiary/aromatic N) is 3. The van der Waals surface area contributed by atoms with Crippen LogP contribution in [-0.2, 0) is 14.8 Å². The third kappa shape index (κ3) is 6.05. The predicted molar refractivity (Wildman–Crippen MR) is 144 cm³/mol. The smallest absolute Gasteiger partial charge is 0.409 e. The van der Waals surface area contributed by atoms with Crippen molar-refractivity contribution in [2.75, 3.05) is 32.8 Å². The van der Waals surface area contributed by atoms with E-state index < -0.39 is 27.9 Å². The molecule has 3 aliphatic heterocycles. The fourth-order valence-electron chi connectivity index (χ4n) is 6.27. The number of halogens is 1. The third-order valence-electron chi connectivity index (χ3n) is 8.26. The second kappa shape index (κ2) is 12.1. The topological polar surface area (TPSA) is 70.2 Å². The third-order valence-corrected chi connectivity index (χ3v) is 10.2. The Bertz CT molecular complexity index is 1180. The van der Waals surface area contributed by atoms with E-state index in [1.54, 1.807) is 47.4 Å². The van der Waals surface area contributed by atoms with Crippen molar-refractivity contribution in [3.8, 4) is 0 Å². The first kappa shape index (κ1) is 27.1. The molecule has 1 amide bonds. The van der Waals surface area contributed by atoms with Crippen LogP contribution in [0.2, 0.25) is 0 Å².